The van der Waals surface area contributed by atoms with Crippen molar-refractivity contribution in [3.8, 4) is 0 Å². The first-order valence-corrected chi connectivity index (χ1v) is 9.68. The molecule has 0 radical (unpaired) electrons. The van der Waals surface area contributed by atoms with Gasteiger partial charge in [0.25, 0.3) is 0 Å². The third kappa shape index (κ3) is 4.10. The van der Waals surface area contributed by atoms with Crippen LogP contribution < -0.4 is 22.4 Å². The molecule has 26 heavy (non-hydrogen) atoms. The number of allylic oxidation sites excluding steroid dienone is 2. The van der Waals surface area contributed by atoms with Crippen LogP contribution in [0, 0.1) is 0 Å². The van der Waals surface area contributed by atoms with Crippen LogP contribution in [-0.4, -0.2) is 45.6 Å². The number of nitrogens with one attached hydrogen (secondary N) is 1. The minimum absolute atomic E-state index is 0.0196. The Balaban J connectivity index is 2.36. The fourth-order valence-corrected chi connectivity index (χ4v) is 4.39. The molecule has 0 spiro atoms. The average molecular weight is 384 g/mol. The Morgan fingerprint density at radius 2 is 1.54 bits per heavy atom. The van der Waals surface area contributed by atoms with Gasteiger partial charge in [0.05, 0.1) is 24.6 Å². The largest absolute Gasteiger partial charge is 0.351 e. The van der Waals surface area contributed by atoms with E-state index >= 15 is 0 Å². The van der Waals surface area contributed by atoms with E-state index < -0.39 is 45.4 Å². The lowest BCUT2D eigenvalue weighted by atomic mass is 10.2. The van der Waals surface area contributed by atoms with Gasteiger partial charge in [0.15, 0.2) is 9.84 Å². The maximum absolute atomic E-state index is 12.4. The summed E-state index contributed by atoms with van der Waals surface area (Å²) >= 11 is 0. The molecule has 0 saturated carbocycles. The van der Waals surface area contributed by atoms with Crippen molar-refractivity contribution in [2.75, 3.05) is 11.5 Å². The van der Waals surface area contributed by atoms with Crippen LogP contribution in [0.5, 0.6) is 0 Å². The van der Waals surface area contributed by atoms with Crippen LogP contribution in [0.2, 0.25) is 0 Å². The average Bonchev–Trinajstić information content (AvgIpc) is 2.91. The Hall–Kier alpha value is -2.69. The molecule has 1 unspecified atom stereocenters. The molecule has 11 heteroatoms. The highest BCUT2D eigenvalue weighted by molar-refractivity contribution is 7.91. The Labute approximate surface area is 149 Å². The van der Waals surface area contributed by atoms with Gasteiger partial charge in [0.2, 0.25) is 5.91 Å². The normalized spacial score (nSPS) is 18.4. The zero-order valence-electron chi connectivity index (χ0n) is 14.1. The molecular formula is C15H20N4O6S. The number of hydrogen-bond donors (Lipinski definition) is 1. The van der Waals surface area contributed by atoms with Gasteiger partial charge in [-0.25, -0.2) is 36.5 Å². The summed E-state index contributed by atoms with van der Waals surface area (Å²) in [6, 6.07) is -0.558. The van der Waals surface area contributed by atoms with Crippen LogP contribution in [0.15, 0.2) is 39.7 Å². The molecule has 10 nitrogen and oxygen atoms in total. The fraction of sp³-hybridized carbons (Fsp3) is 0.467. The molecule has 1 amide bonds. The first kappa shape index (κ1) is 19.6. The summed E-state index contributed by atoms with van der Waals surface area (Å²) in [6.45, 7) is 6.04. The summed E-state index contributed by atoms with van der Waals surface area (Å²) in [5.41, 5.74) is -2.69. The van der Waals surface area contributed by atoms with E-state index in [1.54, 1.807) is 0 Å². The summed E-state index contributed by atoms with van der Waals surface area (Å²) < 4.78 is 25.1. The van der Waals surface area contributed by atoms with Crippen LogP contribution in [0.3, 0.4) is 0 Å². The lowest BCUT2D eigenvalue weighted by molar-refractivity contribution is -0.122. The standard InChI is InChI=1S/C15H20N4O6S/c1-3-6-17-13(21)18(7-4-2)15(23)19(14(17)22)9-12(20)16-11-5-8-26(24,25)10-11/h3-4,11H,1-2,5-10H2,(H,16,20). The predicted octanol–water partition coefficient (Wildman–Crippen LogP) is -2.15. The molecule has 1 fully saturated rings. The number of hydrogen-bond acceptors (Lipinski definition) is 6. The fourth-order valence-electron chi connectivity index (χ4n) is 2.71. The Morgan fingerprint density at radius 3 is 1.96 bits per heavy atom. The Morgan fingerprint density at radius 1 is 1.04 bits per heavy atom. The number of sulfone groups is 1. The maximum Gasteiger partial charge on any atom is 0.337 e. The molecule has 1 aromatic heterocycles. The van der Waals surface area contributed by atoms with Gasteiger partial charge in [-0.2, -0.15) is 0 Å². The Kier molecular flexibility index (Phi) is 5.80. The summed E-state index contributed by atoms with van der Waals surface area (Å²) in [5, 5.41) is 2.50. The number of nitrogens with zero attached hydrogens (tertiary/aromatic N) is 3. The molecule has 2 rings (SSSR count). The number of carbonyl (C=O) groups is 1. The molecule has 2 heterocycles. The van der Waals surface area contributed by atoms with E-state index in [-0.39, 0.29) is 31.0 Å². The first-order chi connectivity index (χ1) is 12.2. The highest BCUT2D eigenvalue weighted by atomic mass is 32.2. The van der Waals surface area contributed by atoms with Crippen LogP contribution in [0.25, 0.3) is 0 Å². The smallest absolute Gasteiger partial charge is 0.337 e. The molecule has 1 aliphatic rings. The van der Waals surface area contributed by atoms with Gasteiger partial charge in [-0.15, -0.1) is 13.2 Å². The van der Waals surface area contributed by atoms with E-state index in [1.807, 2.05) is 0 Å². The zero-order valence-corrected chi connectivity index (χ0v) is 14.9. The number of carbonyl (C=O) groups excluding carboxylic acids is 1. The van der Waals surface area contributed by atoms with Crippen molar-refractivity contribution in [2.24, 2.45) is 0 Å². The molecule has 1 saturated heterocycles. The summed E-state index contributed by atoms with van der Waals surface area (Å²) in [4.78, 5) is 49.2. The van der Waals surface area contributed by atoms with Crippen LogP contribution >= 0.6 is 0 Å². The van der Waals surface area contributed by atoms with Crippen molar-refractivity contribution in [2.45, 2.75) is 32.1 Å². The van der Waals surface area contributed by atoms with Crippen LogP contribution in [0.4, 0.5) is 0 Å². The van der Waals surface area contributed by atoms with Crippen molar-refractivity contribution in [3.05, 3.63) is 56.8 Å². The third-order valence-corrected chi connectivity index (χ3v) is 5.68. The second-order valence-corrected chi connectivity index (χ2v) is 8.13. The molecular weight excluding hydrogens is 364 g/mol. The Bertz CT molecular complexity index is 966. The second-order valence-electron chi connectivity index (χ2n) is 5.90. The molecule has 0 aromatic carbocycles. The van der Waals surface area contributed by atoms with Gasteiger partial charge in [0.1, 0.15) is 6.54 Å². The van der Waals surface area contributed by atoms with E-state index in [1.165, 1.54) is 12.2 Å². The third-order valence-electron chi connectivity index (χ3n) is 3.91. The van der Waals surface area contributed by atoms with Crippen molar-refractivity contribution < 1.29 is 13.2 Å². The summed E-state index contributed by atoms with van der Waals surface area (Å²) in [5.74, 6) is -0.876. The SMILES string of the molecule is C=CCn1c(=O)n(CC=C)c(=O)n(CC(=O)NC2CCS(=O)(=O)C2)c1=O. The van der Waals surface area contributed by atoms with Crippen molar-refractivity contribution in [3.63, 3.8) is 0 Å². The zero-order chi connectivity index (χ0) is 19.5. The molecule has 1 N–H and O–H groups in total. The molecule has 1 aliphatic heterocycles. The minimum Gasteiger partial charge on any atom is -0.351 e. The highest BCUT2D eigenvalue weighted by Gasteiger charge is 2.29. The van der Waals surface area contributed by atoms with Crippen LogP contribution in [0.1, 0.15) is 6.42 Å². The quantitative estimate of drug-likeness (QED) is 0.534. The van der Waals surface area contributed by atoms with E-state index in [0.717, 1.165) is 9.13 Å². The van der Waals surface area contributed by atoms with E-state index in [2.05, 4.69) is 18.5 Å². The molecule has 142 valence electrons. The lowest BCUT2D eigenvalue weighted by Crippen LogP contribution is -2.56. The minimum atomic E-state index is -3.18. The van der Waals surface area contributed by atoms with E-state index in [9.17, 15) is 27.6 Å². The predicted molar refractivity (Wildman–Crippen MR) is 94.8 cm³/mol. The van der Waals surface area contributed by atoms with Gasteiger partial charge in [-0.05, 0) is 6.42 Å². The first-order valence-electron chi connectivity index (χ1n) is 7.86. The number of aromatic nitrogens is 3. The van der Waals surface area contributed by atoms with Gasteiger partial charge >= 0.3 is 17.1 Å². The maximum atomic E-state index is 12.4. The summed E-state index contributed by atoms with van der Waals surface area (Å²) in [6.07, 6.45) is 2.91. The second kappa shape index (κ2) is 7.68. The van der Waals surface area contributed by atoms with Crippen molar-refractivity contribution in [1.29, 1.82) is 0 Å². The summed E-state index contributed by atoms with van der Waals surface area (Å²) in [7, 11) is -3.18. The number of rotatable bonds is 7. The highest BCUT2D eigenvalue weighted by Crippen LogP contribution is 2.10. The van der Waals surface area contributed by atoms with E-state index in [4.69, 9.17) is 0 Å². The molecule has 1 aromatic rings. The van der Waals surface area contributed by atoms with E-state index in [0.29, 0.717) is 4.57 Å². The van der Waals surface area contributed by atoms with Gasteiger partial charge in [-0.3, -0.25) is 4.79 Å². The lowest BCUT2D eigenvalue weighted by Gasteiger charge is -2.14. The monoisotopic (exact) mass is 384 g/mol. The van der Waals surface area contributed by atoms with Crippen LogP contribution in [-0.2, 0) is 34.3 Å². The molecule has 1 atom stereocenters. The molecule has 0 aliphatic carbocycles. The van der Waals surface area contributed by atoms with Gasteiger partial charge in [-0.1, -0.05) is 12.2 Å². The van der Waals surface area contributed by atoms with Gasteiger partial charge in [0, 0.05) is 6.04 Å². The van der Waals surface area contributed by atoms with Crippen molar-refractivity contribution in [1.82, 2.24) is 19.0 Å². The topological polar surface area (TPSA) is 129 Å². The molecule has 0 bridgehead atoms. The number of amides is 1. The van der Waals surface area contributed by atoms with Gasteiger partial charge < -0.3 is 5.32 Å². The van der Waals surface area contributed by atoms with Crippen molar-refractivity contribution >= 4 is 15.7 Å².